The van der Waals surface area contributed by atoms with Gasteiger partial charge in [-0.2, -0.15) is 0 Å². The molecule has 2 aromatic rings. The lowest BCUT2D eigenvalue weighted by Crippen LogP contribution is -2.47. The van der Waals surface area contributed by atoms with Crippen molar-refractivity contribution in [2.45, 2.75) is 0 Å². The molecule has 0 saturated heterocycles. The second kappa shape index (κ2) is 6.99. The number of amidine groups is 1. The van der Waals surface area contributed by atoms with E-state index in [4.69, 9.17) is 0 Å². The average Bonchev–Trinajstić information content (AvgIpc) is 3.17. The zero-order chi connectivity index (χ0) is 18.8. The smallest absolute Gasteiger partial charge is 0.259 e. The fourth-order valence-corrected chi connectivity index (χ4v) is 2.89. The van der Waals surface area contributed by atoms with Crippen molar-refractivity contribution in [3.63, 3.8) is 0 Å². The van der Waals surface area contributed by atoms with Gasteiger partial charge in [0.2, 0.25) is 5.96 Å². The van der Waals surface area contributed by atoms with Crippen LogP contribution in [0, 0.1) is 0 Å². The number of hydrogen-bond acceptors (Lipinski definition) is 6. The third-order valence-corrected chi connectivity index (χ3v) is 4.12. The van der Waals surface area contributed by atoms with Gasteiger partial charge in [-0.05, 0) is 18.2 Å². The summed E-state index contributed by atoms with van der Waals surface area (Å²) in [6.45, 7) is 1.36. The Hall–Kier alpha value is -3.55. The number of aliphatic imine (C=N–C) groups is 3. The second-order valence-corrected chi connectivity index (χ2v) is 6.40. The van der Waals surface area contributed by atoms with Crippen molar-refractivity contribution in [1.82, 2.24) is 20.1 Å². The average molecular weight is 361 g/mol. The van der Waals surface area contributed by atoms with Crippen LogP contribution in [0.2, 0.25) is 0 Å². The molecule has 0 unspecified atom stereocenters. The van der Waals surface area contributed by atoms with Crippen LogP contribution in [-0.2, 0) is 0 Å². The minimum Gasteiger partial charge on any atom is -0.369 e. The molecule has 0 bridgehead atoms. The van der Waals surface area contributed by atoms with E-state index in [2.05, 4.69) is 25.3 Å². The zero-order valence-electron chi connectivity index (χ0n) is 15.1. The number of carbonyl (C=O) groups is 1. The van der Waals surface area contributed by atoms with Crippen LogP contribution in [0.1, 0.15) is 15.9 Å². The van der Waals surface area contributed by atoms with Crippen LogP contribution < -0.4 is 5.32 Å². The Kier molecular flexibility index (Phi) is 4.37. The van der Waals surface area contributed by atoms with E-state index in [0.29, 0.717) is 30.3 Å². The first-order valence-corrected chi connectivity index (χ1v) is 8.59. The minimum atomic E-state index is -0.284. The molecule has 27 heavy (non-hydrogen) atoms. The van der Waals surface area contributed by atoms with Crippen molar-refractivity contribution < 1.29 is 4.79 Å². The third-order valence-electron chi connectivity index (χ3n) is 4.12. The first-order valence-electron chi connectivity index (χ1n) is 8.59. The van der Waals surface area contributed by atoms with Crippen molar-refractivity contribution >= 4 is 35.4 Å². The van der Waals surface area contributed by atoms with Crippen LogP contribution in [0.25, 0.3) is 0 Å². The molecule has 0 radical (unpaired) electrons. The molecule has 0 spiro atoms. The molecule has 0 fully saturated rings. The molecule has 136 valence electrons. The van der Waals surface area contributed by atoms with E-state index >= 15 is 0 Å². The molecule has 4 rings (SSSR count). The number of carbonyl (C=O) groups excluding carboxylic acids is 1. The summed E-state index contributed by atoms with van der Waals surface area (Å²) in [5, 5.41) is 2.89. The molecule has 1 aromatic heterocycles. The highest BCUT2D eigenvalue weighted by Gasteiger charge is 2.30. The normalized spacial score (nSPS) is 15.1. The number of aromatic nitrogens is 1. The molecule has 0 aliphatic carbocycles. The van der Waals surface area contributed by atoms with Crippen LogP contribution in [0.4, 0.5) is 11.4 Å². The molecular weight excluding hydrogens is 342 g/mol. The number of nitrogens with one attached hydrogen (secondary N) is 1. The number of amides is 1. The Bertz CT molecular complexity index is 978. The zero-order valence-corrected chi connectivity index (χ0v) is 15.1. The molecule has 2 aliphatic heterocycles. The van der Waals surface area contributed by atoms with Crippen LogP contribution >= 0.6 is 0 Å². The maximum absolute atomic E-state index is 12.7. The van der Waals surface area contributed by atoms with Gasteiger partial charge in [0, 0.05) is 32.4 Å². The fourth-order valence-electron chi connectivity index (χ4n) is 2.89. The summed E-state index contributed by atoms with van der Waals surface area (Å²) < 4.78 is 0. The van der Waals surface area contributed by atoms with Crippen molar-refractivity contribution in [3.05, 3.63) is 53.9 Å². The van der Waals surface area contributed by atoms with Gasteiger partial charge in [0.25, 0.3) is 5.91 Å². The summed E-state index contributed by atoms with van der Waals surface area (Å²) in [6.07, 6.45) is 4.78. The van der Waals surface area contributed by atoms with Gasteiger partial charge < -0.3 is 4.90 Å². The Morgan fingerprint density at radius 3 is 3.00 bits per heavy atom. The number of fused-ring (bicyclic) bond motifs is 3. The Balaban J connectivity index is 1.59. The predicted octanol–water partition coefficient (Wildman–Crippen LogP) is 1.80. The van der Waals surface area contributed by atoms with E-state index in [0.717, 1.165) is 17.1 Å². The number of hydrogen-bond donors (Lipinski definition) is 1. The van der Waals surface area contributed by atoms with Crippen molar-refractivity contribution in [1.29, 1.82) is 0 Å². The standard InChI is InChI=1S/C19H19N7O/c1-25(2)12-22-14-9-13(10-20-11-14)18(27)24-19-23-16-6-4-3-5-15(16)17-21-7-8-26(17)19/h3-6,9-12H,7-8H2,1-2H3,(H,23,24,27)/b22-12+. The summed E-state index contributed by atoms with van der Waals surface area (Å²) in [7, 11) is 3.75. The Morgan fingerprint density at radius 2 is 2.15 bits per heavy atom. The number of guanidine groups is 1. The van der Waals surface area contributed by atoms with Crippen LogP contribution in [-0.4, -0.2) is 66.0 Å². The lowest BCUT2D eigenvalue weighted by atomic mass is 10.1. The summed E-state index contributed by atoms with van der Waals surface area (Å²) in [5.41, 5.74) is 2.81. The van der Waals surface area contributed by atoms with E-state index in [9.17, 15) is 4.79 Å². The summed E-state index contributed by atoms with van der Waals surface area (Å²) in [5.74, 6) is 1.05. The highest BCUT2D eigenvalue weighted by Crippen LogP contribution is 2.27. The molecule has 0 atom stereocenters. The SMILES string of the molecule is CN(C)/C=N/c1cncc(C(=O)NC2=Nc3ccccc3C3=NCCN23)c1. The topological polar surface area (TPSA) is 85.5 Å². The first-order chi connectivity index (χ1) is 13.1. The predicted molar refractivity (Wildman–Crippen MR) is 105 cm³/mol. The number of nitrogens with zero attached hydrogens (tertiary/aromatic N) is 6. The van der Waals surface area contributed by atoms with Crippen molar-refractivity contribution in [2.24, 2.45) is 15.0 Å². The number of para-hydroxylation sites is 1. The summed E-state index contributed by atoms with van der Waals surface area (Å²) in [6, 6.07) is 9.48. The molecule has 8 nitrogen and oxygen atoms in total. The first kappa shape index (κ1) is 16.9. The van der Waals surface area contributed by atoms with Gasteiger partial charge in [0.1, 0.15) is 5.84 Å². The maximum atomic E-state index is 12.7. The third kappa shape index (κ3) is 3.41. The summed E-state index contributed by atoms with van der Waals surface area (Å²) >= 11 is 0. The lowest BCUT2D eigenvalue weighted by Gasteiger charge is -2.27. The molecule has 1 amide bonds. The van der Waals surface area contributed by atoms with Crippen LogP contribution in [0.5, 0.6) is 0 Å². The van der Waals surface area contributed by atoms with Crippen molar-refractivity contribution in [3.8, 4) is 0 Å². The van der Waals surface area contributed by atoms with E-state index in [1.165, 1.54) is 6.20 Å². The lowest BCUT2D eigenvalue weighted by molar-refractivity contribution is 0.0973. The summed E-state index contributed by atoms with van der Waals surface area (Å²) in [4.78, 5) is 34.0. The van der Waals surface area contributed by atoms with Gasteiger partial charge in [-0.15, -0.1) is 0 Å². The Labute approximate surface area is 157 Å². The maximum Gasteiger partial charge on any atom is 0.259 e. The highest BCUT2D eigenvalue weighted by molar-refractivity contribution is 6.19. The molecule has 1 N–H and O–H groups in total. The highest BCUT2D eigenvalue weighted by atomic mass is 16.1. The fraction of sp³-hybridized carbons (Fsp3) is 0.211. The van der Waals surface area contributed by atoms with E-state index in [-0.39, 0.29) is 5.91 Å². The molecule has 2 aliphatic rings. The molecule has 0 saturated carbocycles. The molecule has 3 heterocycles. The van der Waals surface area contributed by atoms with Crippen LogP contribution in [0.3, 0.4) is 0 Å². The molecule has 1 aromatic carbocycles. The van der Waals surface area contributed by atoms with Gasteiger partial charge in [-0.25, -0.2) is 9.98 Å². The van der Waals surface area contributed by atoms with Gasteiger partial charge in [0.15, 0.2) is 0 Å². The largest absolute Gasteiger partial charge is 0.369 e. The van der Waals surface area contributed by atoms with Crippen molar-refractivity contribution in [2.75, 3.05) is 27.2 Å². The van der Waals surface area contributed by atoms with Crippen LogP contribution in [0.15, 0.2) is 57.7 Å². The van der Waals surface area contributed by atoms with Gasteiger partial charge >= 0.3 is 0 Å². The van der Waals surface area contributed by atoms with Gasteiger partial charge in [-0.1, -0.05) is 12.1 Å². The molecular formula is C19H19N7O. The number of rotatable bonds is 3. The van der Waals surface area contributed by atoms with E-state index in [1.54, 1.807) is 18.6 Å². The number of benzene rings is 1. The minimum absolute atomic E-state index is 0.284. The number of pyridine rings is 1. The van der Waals surface area contributed by atoms with Gasteiger partial charge in [-0.3, -0.25) is 25.0 Å². The Morgan fingerprint density at radius 1 is 1.30 bits per heavy atom. The monoisotopic (exact) mass is 361 g/mol. The van der Waals surface area contributed by atoms with E-state index in [1.807, 2.05) is 48.2 Å². The molecule has 8 heteroatoms. The van der Waals surface area contributed by atoms with Gasteiger partial charge in [0.05, 0.1) is 36.0 Å². The quantitative estimate of drug-likeness (QED) is 0.667. The van der Waals surface area contributed by atoms with E-state index < -0.39 is 0 Å². The second-order valence-electron chi connectivity index (χ2n) is 6.40.